The molecule has 0 spiro atoms. The Hall–Kier alpha value is -0.660. The summed E-state index contributed by atoms with van der Waals surface area (Å²) in [7, 11) is 1.67. The number of ether oxygens (including phenoxy) is 1. The molecule has 0 saturated carbocycles. The molecule has 2 heterocycles. The van der Waals surface area contributed by atoms with Crippen molar-refractivity contribution in [2.45, 2.75) is 45.1 Å². The molecule has 1 saturated heterocycles. The van der Waals surface area contributed by atoms with E-state index < -0.39 is 11.9 Å². The molecule has 1 aliphatic rings. The summed E-state index contributed by atoms with van der Waals surface area (Å²) in [4.78, 5) is 10.2. The maximum atomic E-state index is 12.5. The minimum absolute atomic E-state index is 0. The third-order valence-corrected chi connectivity index (χ3v) is 5.04. The monoisotopic (exact) mass is 535 g/mol. The second-order valence-corrected chi connectivity index (χ2v) is 7.61. The number of nitrogens with one attached hydrogen (secondary N) is 2. The molecule has 0 amide bonds. The Labute approximate surface area is 185 Å². The maximum Gasteiger partial charge on any atom is 0.434 e. The number of guanidine groups is 1. The van der Waals surface area contributed by atoms with E-state index in [-0.39, 0.29) is 36.2 Å². The minimum atomic E-state index is -4.38. The molecule has 28 heavy (non-hydrogen) atoms. The van der Waals surface area contributed by atoms with E-state index >= 15 is 0 Å². The van der Waals surface area contributed by atoms with Crippen LogP contribution in [0.1, 0.15) is 31.0 Å². The van der Waals surface area contributed by atoms with E-state index in [9.17, 15) is 13.2 Å². The highest BCUT2D eigenvalue weighted by Gasteiger charge is 2.33. The van der Waals surface area contributed by atoms with E-state index in [1.54, 1.807) is 7.05 Å². The molecule has 1 aromatic rings. The molecule has 0 bridgehead atoms. The predicted molar refractivity (Wildman–Crippen MR) is 117 cm³/mol. The van der Waals surface area contributed by atoms with Gasteiger partial charge in [0.1, 0.15) is 0 Å². The molecule has 1 fully saturated rings. The molecule has 0 radical (unpaired) electrons. The van der Waals surface area contributed by atoms with Crippen LogP contribution >= 0.6 is 35.3 Å². The summed E-state index contributed by atoms with van der Waals surface area (Å²) >= 11 is 1.03. The zero-order chi connectivity index (χ0) is 19.9. The zero-order valence-electron chi connectivity index (χ0n) is 16.4. The quantitative estimate of drug-likeness (QED) is 0.244. The molecule has 0 aliphatic carbocycles. The maximum absolute atomic E-state index is 12.5. The van der Waals surface area contributed by atoms with Gasteiger partial charge in [0.05, 0.1) is 17.2 Å². The number of halogens is 4. The van der Waals surface area contributed by atoms with Crippen molar-refractivity contribution in [1.29, 1.82) is 0 Å². The number of thiazole rings is 1. The van der Waals surface area contributed by atoms with Crippen LogP contribution in [0.15, 0.2) is 10.4 Å². The molecule has 2 rings (SSSR count). The number of hydrogen-bond acceptors (Lipinski definition) is 5. The van der Waals surface area contributed by atoms with Gasteiger partial charge < -0.3 is 15.4 Å². The molecule has 2 atom stereocenters. The van der Waals surface area contributed by atoms with Crippen LogP contribution in [0.3, 0.4) is 0 Å². The van der Waals surface area contributed by atoms with Crippen LogP contribution in [-0.4, -0.2) is 67.8 Å². The molecule has 11 heteroatoms. The smallest absolute Gasteiger partial charge is 0.373 e. The van der Waals surface area contributed by atoms with Gasteiger partial charge in [-0.25, -0.2) is 4.98 Å². The second kappa shape index (κ2) is 12.1. The molecule has 1 aliphatic heterocycles. The SMILES string of the molecule is CN=C(NCCCN1CC(C)OC(C)C1)NCCc1nc(C(F)(F)F)cs1.I. The average molecular weight is 535 g/mol. The number of alkyl halides is 3. The van der Waals surface area contributed by atoms with Crippen molar-refractivity contribution in [3.8, 4) is 0 Å². The highest BCUT2D eigenvalue weighted by atomic mass is 127. The van der Waals surface area contributed by atoms with Crippen LogP contribution in [-0.2, 0) is 17.3 Å². The standard InChI is InChI=1S/C17H28F3N5OS.HI/c1-12-9-25(10-13(2)26-12)8-4-6-22-16(21-3)23-7-5-15-24-14(11-27-15)17(18,19)20;/h11-13H,4-10H2,1-3H3,(H2,21,22,23);1H. The van der Waals surface area contributed by atoms with Crippen molar-refractivity contribution in [3.63, 3.8) is 0 Å². The van der Waals surface area contributed by atoms with Gasteiger partial charge in [-0.2, -0.15) is 13.2 Å². The Morgan fingerprint density at radius 3 is 2.50 bits per heavy atom. The third-order valence-electron chi connectivity index (χ3n) is 4.14. The largest absolute Gasteiger partial charge is 0.434 e. The lowest BCUT2D eigenvalue weighted by atomic mass is 10.2. The summed E-state index contributed by atoms with van der Waals surface area (Å²) in [6.45, 7) is 8.31. The van der Waals surface area contributed by atoms with Crippen LogP contribution in [0.5, 0.6) is 0 Å². The van der Waals surface area contributed by atoms with Crippen LogP contribution in [0.2, 0.25) is 0 Å². The lowest BCUT2D eigenvalue weighted by Gasteiger charge is -2.35. The normalized spacial score (nSPS) is 21.3. The van der Waals surface area contributed by atoms with E-state index in [2.05, 4.69) is 39.4 Å². The fourth-order valence-corrected chi connectivity index (χ4v) is 3.85. The van der Waals surface area contributed by atoms with Gasteiger partial charge >= 0.3 is 6.18 Å². The van der Waals surface area contributed by atoms with Crippen molar-refractivity contribution in [2.75, 3.05) is 39.8 Å². The lowest BCUT2D eigenvalue weighted by molar-refractivity contribution is -0.140. The Morgan fingerprint density at radius 1 is 1.29 bits per heavy atom. The molecule has 6 nitrogen and oxygen atoms in total. The molecular weight excluding hydrogens is 506 g/mol. The Balaban J connectivity index is 0.00000392. The van der Waals surface area contributed by atoms with E-state index in [1.807, 2.05) is 0 Å². The highest BCUT2D eigenvalue weighted by Crippen LogP contribution is 2.29. The van der Waals surface area contributed by atoms with Crippen molar-refractivity contribution >= 4 is 41.3 Å². The summed E-state index contributed by atoms with van der Waals surface area (Å²) in [5.74, 6) is 0.645. The summed E-state index contributed by atoms with van der Waals surface area (Å²) in [5, 5.41) is 7.85. The second-order valence-electron chi connectivity index (χ2n) is 6.67. The summed E-state index contributed by atoms with van der Waals surface area (Å²) < 4.78 is 43.4. The number of aromatic nitrogens is 1. The summed E-state index contributed by atoms with van der Waals surface area (Å²) in [6, 6.07) is 0. The van der Waals surface area contributed by atoms with Crippen LogP contribution in [0, 0.1) is 0 Å². The van der Waals surface area contributed by atoms with Gasteiger partial charge in [-0.1, -0.05) is 0 Å². The molecular formula is C17H29F3IN5OS. The molecule has 0 aromatic carbocycles. The van der Waals surface area contributed by atoms with Crippen LogP contribution in [0.25, 0.3) is 0 Å². The average Bonchev–Trinajstić information content (AvgIpc) is 3.05. The number of morpholine rings is 1. The summed E-state index contributed by atoms with van der Waals surface area (Å²) in [6.07, 6.45) is -2.46. The lowest BCUT2D eigenvalue weighted by Crippen LogP contribution is -2.46. The van der Waals surface area contributed by atoms with E-state index in [0.717, 1.165) is 49.3 Å². The van der Waals surface area contributed by atoms with E-state index in [0.29, 0.717) is 23.9 Å². The molecule has 1 aromatic heterocycles. The minimum Gasteiger partial charge on any atom is -0.373 e. The van der Waals surface area contributed by atoms with E-state index in [4.69, 9.17) is 4.74 Å². The van der Waals surface area contributed by atoms with Gasteiger partial charge in [0.15, 0.2) is 11.7 Å². The van der Waals surface area contributed by atoms with Gasteiger partial charge in [-0.3, -0.25) is 9.89 Å². The predicted octanol–water partition coefficient (Wildman–Crippen LogP) is 2.99. The van der Waals surface area contributed by atoms with Gasteiger partial charge in [0, 0.05) is 51.6 Å². The van der Waals surface area contributed by atoms with Crippen LogP contribution < -0.4 is 10.6 Å². The van der Waals surface area contributed by atoms with Crippen molar-refractivity contribution < 1.29 is 17.9 Å². The number of hydrogen-bond donors (Lipinski definition) is 2. The number of aliphatic imine (C=N–C) groups is 1. The first kappa shape index (κ1) is 25.4. The summed E-state index contributed by atoms with van der Waals surface area (Å²) in [5.41, 5.74) is -0.822. The van der Waals surface area contributed by atoms with E-state index in [1.165, 1.54) is 0 Å². The molecule has 162 valence electrons. The molecule has 2 N–H and O–H groups in total. The molecule has 2 unspecified atom stereocenters. The first-order valence-electron chi connectivity index (χ1n) is 9.12. The fraction of sp³-hybridized carbons (Fsp3) is 0.765. The zero-order valence-corrected chi connectivity index (χ0v) is 19.5. The van der Waals surface area contributed by atoms with Crippen molar-refractivity contribution in [3.05, 3.63) is 16.1 Å². The van der Waals surface area contributed by atoms with Crippen LogP contribution in [0.4, 0.5) is 13.2 Å². The highest BCUT2D eigenvalue weighted by molar-refractivity contribution is 14.0. The fourth-order valence-electron chi connectivity index (χ4n) is 3.04. The first-order valence-corrected chi connectivity index (χ1v) is 10.00. The topological polar surface area (TPSA) is 61.8 Å². The number of rotatable bonds is 7. The van der Waals surface area contributed by atoms with Gasteiger partial charge in [-0.15, -0.1) is 35.3 Å². The van der Waals surface area contributed by atoms with Gasteiger partial charge in [-0.05, 0) is 20.3 Å². The van der Waals surface area contributed by atoms with Crippen molar-refractivity contribution in [2.24, 2.45) is 4.99 Å². The Morgan fingerprint density at radius 2 is 1.93 bits per heavy atom. The third kappa shape index (κ3) is 8.78. The van der Waals surface area contributed by atoms with Crippen molar-refractivity contribution in [1.82, 2.24) is 20.5 Å². The Bertz CT molecular complexity index is 604. The number of nitrogens with zero attached hydrogens (tertiary/aromatic N) is 3. The van der Waals surface area contributed by atoms with Gasteiger partial charge in [0.2, 0.25) is 0 Å². The van der Waals surface area contributed by atoms with Gasteiger partial charge in [0.25, 0.3) is 0 Å². The Kier molecular flexibility index (Phi) is 11.0. The first-order chi connectivity index (χ1) is 12.8.